The molecule has 0 aromatic heterocycles. The quantitative estimate of drug-likeness (QED) is 0.848. The Kier molecular flexibility index (Phi) is 2.93. The zero-order valence-electron chi connectivity index (χ0n) is 8.16. The standard InChI is InChI=1S/C10H12BrN3O/c11-7-2-1-3-8-10(7)13-9(15)6-14(8)5-4-12/h1-3H,4-6,12H2,(H,13,15). The van der Waals surface area contributed by atoms with Crippen molar-refractivity contribution in [1.82, 2.24) is 0 Å². The number of nitrogens with two attached hydrogens (primary N) is 1. The Bertz CT molecular complexity index is 394. The third-order valence-corrected chi connectivity index (χ3v) is 2.99. The highest BCUT2D eigenvalue weighted by Gasteiger charge is 2.22. The van der Waals surface area contributed by atoms with E-state index in [-0.39, 0.29) is 5.91 Å². The van der Waals surface area contributed by atoms with Gasteiger partial charge in [-0.05, 0) is 28.1 Å². The number of carbonyl (C=O) groups excluding carboxylic acids is 1. The second-order valence-corrected chi connectivity index (χ2v) is 4.25. The van der Waals surface area contributed by atoms with Gasteiger partial charge in [-0.2, -0.15) is 0 Å². The first kappa shape index (κ1) is 10.4. The fourth-order valence-corrected chi connectivity index (χ4v) is 2.15. The second-order valence-electron chi connectivity index (χ2n) is 3.39. The van der Waals surface area contributed by atoms with E-state index in [1.807, 2.05) is 23.1 Å². The van der Waals surface area contributed by atoms with E-state index in [0.717, 1.165) is 15.8 Å². The summed E-state index contributed by atoms with van der Waals surface area (Å²) >= 11 is 3.42. The summed E-state index contributed by atoms with van der Waals surface area (Å²) in [4.78, 5) is 13.4. The maximum atomic E-state index is 11.4. The molecule has 0 unspecified atom stereocenters. The number of benzene rings is 1. The minimum Gasteiger partial charge on any atom is -0.359 e. The molecule has 0 atom stereocenters. The first-order valence-electron chi connectivity index (χ1n) is 4.75. The Hall–Kier alpha value is -1.07. The van der Waals surface area contributed by atoms with Crippen LogP contribution in [-0.2, 0) is 4.79 Å². The molecule has 0 aliphatic carbocycles. The van der Waals surface area contributed by atoms with E-state index < -0.39 is 0 Å². The van der Waals surface area contributed by atoms with Crippen molar-refractivity contribution in [2.45, 2.75) is 0 Å². The van der Waals surface area contributed by atoms with Gasteiger partial charge in [0, 0.05) is 17.6 Å². The van der Waals surface area contributed by atoms with E-state index in [1.165, 1.54) is 0 Å². The Labute approximate surface area is 96.6 Å². The molecule has 3 N–H and O–H groups in total. The van der Waals surface area contributed by atoms with Crippen LogP contribution >= 0.6 is 15.9 Å². The molecule has 0 spiro atoms. The van der Waals surface area contributed by atoms with Gasteiger partial charge in [-0.3, -0.25) is 4.79 Å². The largest absolute Gasteiger partial charge is 0.359 e. The number of para-hydroxylation sites is 1. The summed E-state index contributed by atoms with van der Waals surface area (Å²) in [5.74, 6) is 0.00264. The molecule has 0 saturated heterocycles. The van der Waals surface area contributed by atoms with Crippen LogP contribution in [0.4, 0.5) is 11.4 Å². The summed E-state index contributed by atoms with van der Waals surface area (Å²) in [6, 6.07) is 5.84. The van der Waals surface area contributed by atoms with Crippen molar-refractivity contribution < 1.29 is 4.79 Å². The average molecular weight is 270 g/mol. The molecule has 1 aromatic rings. The SMILES string of the molecule is NCCN1CC(=O)Nc2c(Br)cccc21. The summed E-state index contributed by atoms with van der Waals surface area (Å²) in [6.45, 7) is 1.61. The predicted molar refractivity (Wildman–Crippen MR) is 64.0 cm³/mol. The van der Waals surface area contributed by atoms with Gasteiger partial charge in [0.25, 0.3) is 0 Å². The van der Waals surface area contributed by atoms with Gasteiger partial charge >= 0.3 is 0 Å². The van der Waals surface area contributed by atoms with Gasteiger partial charge in [-0.15, -0.1) is 0 Å². The van der Waals surface area contributed by atoms with Gasteiger partial charge in [0.15, 0.2) is 0 Å². The van der Waals surface area contributed by atoms with Crippen LogP contribution in [0.2, 0.25) is 0 Å². The van der Waals surface area contributed by atoms with Gasteiger partial charge < -0.3 is 16.0 Å². The molecule has 2 rings (SSSR count). The highest BCUT2D eigenvalue weighted by molar-refractivity contribution is 9.10. The van der Waals surface area contributed by atoms with Crippen LogP contribution in [0.15, 0.2) is 22.7 Å². The highest BCUT2D eigenvalue weighted by Crippen LogP contribution is 2.35. The normalized spacial score (nSPS) is 14.8. The Balaban J connectivity index is 2.41. The number of nitrogens with zero attached hydrogens (tertiary/aromatic N) is 1. The molecule has 80 valence electrons. The molecule has 4 nitrogen and oxygen atoms in total. The third kappa shape index (κ3) is 1.98. The number of hydrogen-bond donors (Lipinski definition) is 2. The van der Waals surface area contributed by atoms with Crippen molar-refractivity contribution in [3.63, 3.8) is 0 Å². The van der Waals surface area contributed by atoms with E-state index in [1.54, 1.807) is 0 Å². The topological polar surface area (TPSA) is 58.4 Å². The number of carbonyl (C=O) groups is 1. The molecule has 1 aromatic carbocycles. The molecule has 0 radical (unpaired) electrons. The molecule has 1 heterocycles. The number of nitrogens with one attached hydrogen (secondary N) is 1. The van der Waals surface area contributed by atoms with Crippen molar-refractivity contribution in [2.75, 3.05) is 29.9 Å². The third-order valence-electron chi connectivity index (χ3n) is 2.33. The molecular weight excluding hydrogens is 258 g/mol. The number of amides is 1. The lowest BCUT2D eigenvalue weighted by molar-refractivity contribution is -0.115. The van der Waals surface area contributed by atoms with Crippen LogP contribution < -0.4 is 16.0 Å². The zero-order valence-corrected chi connectivity index (χ0v) is 9.75. The highest BCUT2D eigenvalue weighted by atomic mass is 79.9. The number of anilines is 2. The maximum Gasteiger partial charge on any atom is 0.243 e. The smallest absolute Gasteiger partial charge is 0.243 e. The van der Waals surface area contributed by atoms with Gasteiger partial charge in [-0.25, -0.2) is 0 Å². The summed E-state index contributed by atoms with van der Waals surface area (Å²) in [5.41, 5.74) is 7.37. The summed E-state index contributed by atoms with van der Waals surface area (Å²) in [7, 11) is 0. The van der Waals surface area contributed by atoms with E-state index in [9.17, 15) is 4.79 Å². The lowest BCUT2D eigenvalue weighted by Gasteiger charge is -2.31. The lowest BCUT2D eigenvalue weighted by Crippen LogP contribution is -2.40. The van der Waals surface area contributed by atoms with Crippen LogP contribution in [0.3, 0.4) is 0 Å². The fourth-order valence-electron chi connectivity index (χ4n) is 1.69. The van der Waals surface area contributed by atoms with Crippen molar-refractivity contribution in [3.05, 3.63) is 22.7 Å². The minimum absolute atomic E-state index is 0.00264. The van der Waals surface area contributed by atoms with Gasteiger partial charge in [0.2, 0.25) is 5.91 Å². The van der Waals surface area contributed by atoms with Crippen molar-refractivity contribution in [1.29, 1.82) is 0 Å². The first-order chi connectivity index (χ1) is 7.22. The number of fused-ring (bicyclic) bond motifs is 1. The van der Waals surface area contributed by atoms with Crippen molar-refractivity contribution >= 4 is 33.2 Å². The molecule has 15 heavy (non-hydrogen) atoms. The maximum absolute atomic E-state index is 11.4. The molecule has 0 bridgehead atoms. The Morgan fingerprint density at radius 1 is 1.53 bits per heavy atom. The van der Waals surface area contributed by atoms with Crippen molar-refractivity contribution in [2.24, 2.45) is 5.73 Å². The molecule has 0 saturated carbocycles. The summed E-state index contributed by atoms with van der Waals surface area (Å²) in [6.07, 6.45) is 0. The first-order valence-corrected chi connectivity index (χ1v) is 5.55. The molecule has 1 aliphatic heterocycles. The van der Waals surface area contributed by atoms with Crippen LogP contribution in [-0.4, -0.2) is 25.5 Å². The van der Waals surface area contributed by atoms with Gasteiger partial charge in [0.1, 0.15) is 0 Å². The number of hydrogen-bond acceptors (Lipinski definition) is 3. The summed E-state index contributed by atoms with van der Waals surface area (Å²) in [5, 5.41) is 2.85. The zero-order chi connectivity index (χ0) is 10.8. The summed E-state index contributed by atoms with van der Waals surface area (Å²) < 4.78 is 0.898. The fraction of sp³-hybridized carbons (Fsp3) is 0.300. The van der Waals surface area contributed by atoms with Crippen LogP contribution in [0, 0.1) is 0 Å². The lowest BCUT2D eigenvalue weighted by atomic mass is 10.2. The van der Waals surface area contributed by atoms with Crippen molar-refractivity contribution in [3.8, 4) is 0 Å². The molecule has 0 fully saturated rings. The molecular formula is C10H12BrN3O. The monoisotopic (exact) mass is 269 g/mol. The molecule has 1 aliphatic rings. The Morgan fingerprint density at radius 3 is 3.07 bits per heavy atom. The second kappa shape index (κ2) is 4.20. The van der Waals surface area contributed by atoms with E-state index in [0.29, 0.717) is 19.6 Å². The Morgan fingerprint density at radius 2 is 2.33 bits per heavy atom. The number of rotatable bonds is 2. The molecule has 5 heteroatoms. The van der Waals surface area contributed by atoms with Gasteiger partial charge in [0.05, 0.1) is 17.9 Å². The van der Waals surface area contributed by atoms with Crippen LogP contribution in [0.25, 0.3) is 0 Å². The van der Waals surface area contributed by atoms with Crippen LogP contribution in [0.1, 0.15) is 0 Å². The number of halogens is 1. The average Bonchev–Trinajstić information content (AvgIpc) is 2.20. The van der Waals surface area contributed by atoms with Crippen LogP contribution in [0.5, 0.6) is 0 Å². The van der Waals surface area contributed by atoms with E-state index >= 15 is 0 Å². The minimum atomic E-state index is 0.00264. The predicted octanol–water partition coefficient (Wildman–Crippen LogP) is 1.17. The van der Waals surface area contributed by atoms with Gasteiger partial charge in [-0.1, -0.05) is 6.07 Å². The van der Waals surface area contributed by atoms with E-state index in [2.05, 4.69) is 21.2 Å². The molecule has 1 amide bonds. The van der Waals surface area contributed by atoms with E-state index in [4.69, 9.17) is 5.73 Å².